The van der Waals surface area contributed by atoms with Gasteiger partial charge < -0.3 is 15.3 Å². The van der Waals surface area contributed by atoms with Crippen LogP contribution in [0.15, 0.2) is 0 Å². The average molecular weight is 226 g/mol. The van der Waals surface area contributed by atoms with Crippen molar-refractivity contribution < 1.29 is 9.90 Å². The van der Waals surface area contributed by atoms with Gasteiger partial charge in [-0.3, -0.25) is 4.79 Å². The van der Waals surface area contributed by atoms with Crippen molar-refractivity contribution in [3.05, 3.63) is 0 Å². The molecule has 92 valence electrons. The second-order valence-corrected chi connectivity index (χ2v) is 5.37. The number of hydrogen-bond acceptors (Lipinski definition) is 3. The van der Waals surface area contributed by atoms with E-state index >= 15 is 0 Å². The fraction of sp³-hybridized carbons (Fsp3) is 0.917. The Labute approximate surface area is 97.0 Å². The Morgan fingerprint density at radius 1 is 1.44 bits per heavy atom. The van der Waals surface area contributed by atoms with Crippen molar-refractivity contribution in [1.29, 1.82) is 0 Å². The molecule has 16 heavy (non-hydrogen) atoms. The molecule has 0 amide bonds. The van der Waals surface area contributed by atoms with Gasteiger partial charge in [-0.1, -0.05) is 0 Å². The van der Waals surface area contributed by atoms with Crippen LogP contribution in [-0.4, -0.2) is 47.7 Å². The molecular formula is C12H22N2O2. The van der Waals surface area contributed by atoms with Crippen molar-refractivity contribution in [2.24, 2.45) is 5.92 Å². The van der Waals surface area contributed by atoms with Crippen LogP contribution in [0, 0.1) is 5.92 Å². The van der Waals surface area contributed by atoms with E-state index in [0.29, 0.717) is 18.0 Å². The molecule has 4 nitrogen and oxygen atoms in total. The van der Waals surface area contributed by atoms with Gasteiger partial charge in [-0.2, -0.15) is 0 Å². The van der Waals surface area contributed by atoms with Crippen LogP contribution in [-0.2, 0) is 4.79 Å². The largest absolute Gasteiger partial charge is 0.480 e. The molecule has 0 aromatic rings. The van der Waals surface area contributed by atoms with Crippen LogP contribution in [0.5, 0.6) is 0 Å². The van der Waals surface area contributed by atoms with Crippen LogP contribution in [0.25, 0.3) is 0 Å². The lowest BCUT2D eigenvalue weighted by atomic mass is 9.97. The van der Waals surface area contributed by atoms with E-state index in [-0.39, 0.29) is 6.04 Å². The fourth-order valence-electron chi connectivity index (χ4n) is 2.53. The van der Waals surface area contributed by atoms with E-state index in [1.165, 1.54) is 0 Å². The Kier molecular flexibility index (Phi) is 3.50. The molecule has 1 saturated carbocycles. The van der Waals surface area contributed by atoms with Crippen LogP contribution in [0.2, 0.25) is 0 Å². The summed E-state index contributed by atoms with van der Waals surface area (Å²) in [4.78, 5) is 13.5. The number of piperidine rings is 1. The Morgan fingerprint density at radius 3 is 2.62 bits per heavy atom. The highest BCUT2D eigenvalue weighted by atomic mass is 16.4. The molecule has 4 heteroatoms. The molecule has 0 aromatic carbocycles. The quantitative estimate of drug-likeness (QED) is 0.748. The molecule has 2 fully saturated rings. The van der Waals surface area contributed by atoms with E-state index in [9.17, 15) is 4.79 Å². The van der Waals surface area contributed by atoms with Crippen LogP contribution < -0.4 is 5.32 Å². The summed E-state index contributed by atoms with van der Waals surface area (Å²) < 4.78 is 0. The van der Waals surface area contributed by atoms with Crippen LogP contribution in [0.1, 0.15) is 32.6 Å². The van der Waals surface area contributed by atoms with Gasteiger partial charge in [0, 0.05) is 12.1 Å². The van der Waals surface area contributed by atoms with Crippen LogP contribution >= 0.6 is 0 Å². The molecule has 3 atom stereocenters. The number of nitrogens with one attached hydrogen (secondary N) is 1. The first-order valence-electron chi connectivity index (χ1n) is 6.27. The Balaban J connectivity index is 1.86. The highest BCUT2D eigenvalue weighted by Crippen LogP contribution is 2.33. The smallest absolute Gasteiger partial charge is 0.320 e. The second kappa shape index (κ2) is 4.72. The van der Waals surface area contributed by atoms with E-state index in [4.69, 9.17) is 5.11 Å². The number of carboxylic acid groups (broad SMARTS) is 1. The van der Waals surface area contributed by atoms with Crippen molar-refractivity contribution in [1.82, 2.24) is 10.2 Å². The van der Waals surface area contributed by atoms with Crippen molar-refractivity contribution >= 4 is 5.97 Å². The summed E-state index contributed by atoms with van der Waals surface area (Å²) in [6.07, 6.45) is 4.28. The molecular weight excluding hydrogens is 204 g/mol. The minimum Gasteiger partial charge on any atom is -0.480 e. The monoisotopic (exact) mass is 226 g/mol. The topological polar surface area (TPSA) is 52.6 Å². The third-order valence-electron chi connectivity index (χ3n) is 3.98. The minimum absolute atomic E-state index is 0.305. The second-order valence-electron chi connectivity index (χ2n) is 5.37. The van der Waals surface area contributed by atoms with Gasteiger partial charge in [-0.15, -0.1) is 0 Å². The fourth-order valence-corrected chi connectivity index (χ4v) is 2.53. The molecule has 2 rings (SSSR count). The number of aliphatic carboxylic acids is 1. The van der Waals surface area contributed by atoms with Gasteiger partial charge in [0.05, 0.1) is 0 Å². The molecule has 0 spiro atoms. The SMILES string of the molecule is CC1CC(NC(C(=O)O)C2CC2)CCN1C. The summed E-state index contributed by atoms with van der Waals surface area (Å²) in [6.45, 7) is 3.27. The van der Waals surface area contributed by atoms with Gasteiger partial charge in [-0.25, -0.2) is 0 Å². The van der Waals surface area contributed by atoms with Crippen molar-refractivity contribution in [2.75, 3.05) is 13.6 Å². The molecule has 2 aliphatic rings. The molecule has 2 N–H and O–H groups in total. The third kappa shape index (κ3) is 2.74. The maximum atomic E-state index is 11.1. The Morgan fingerprint density at radius 2 is 2.12 bits per heavy atom. The first-order chi connectivity index (χ1) is 7.58. The van der Waals surface area contributed by atoms with Gasteiger partial charge >= 0.3 is 5.97 Å². The van der Waals surface area contributed by atoms with Crippen LogP contribution in [0.3, 0.4) is 0 Å². The molecule has 1 saturated heterocycles. The lowest BCUT2D eigenvalue weighted by Crippen LogP contribution is -2.51. The lowest BCUT2D eigenvalue weighted by Gasteiger charge is -2.36. The summed E-state index contributed by atoms with van der Waals surface area (Å²) in [5, 5.41) is 12.5. The average Bonchev–Trinajstić information content (AvgIpc) is 3.03. The summed E-state index contributed by atoms with van der Waals surface area (Å²) in [7, 11) is 2.14. The molecule has 0 aromatic heterocycles. The Bertz CT molecular complexity index is 266. The molecule has 3 unspecified atom stereocenters. The zero-order chi connectivity index (χ0) is 11.7. The lowest BCUT2D eigenvalue weighted by molar-refractivity contribution is -0.140. The summed E-state index contributed by atoms with van der Waals surface area (Å²) >= 11 is 0. The van der Waals surface area contributed by atoms with E-state index in [2.05, 4.69) is 24.2 Å². The highest BCUT2D eigenvalue weighted by Gasteiger charge is 2.38. The standard InChI is InChI=1S/C12H22N2O2/c1-8-7-10(5-6-14(8)2)13-11(12(15)16)9-3-4-9/h8-11,13H,3-7H2,1-2H3,(H,15,16). The number of nitrogens with zero attached hydrogens (tertiary/aromatic N) is 1. The highest BCUT2D eigenvalue weighted by molar-refractivity contribution is 5.74. The van der Waals surface area contributed by atoms with Crippen molar-refractivity contribution in [3.63, 3.8) is 0 Å². The zero-order valence-electron chi connectivity index (χ0n) is 10.1. The zero-order valence-corrected chi connectivity index (χ0v) is 10.1. The maximum absolute atomic E-state index is 11.1. The first kappa shape index (κ1) is 11.9. The van der Waals surface area contributed by atoms with E-state index in [1.807, 2.05) is 0 Å². The Hall–Kier alpha value is -0.610. The minimum atomic E-state index is -0.672. The van der Waals surface area contributed by atoms with Gasteiger partial charge in [0.2, 0.25) is 0 Å². The van der Waals surface area contributed by atoms with Gasteiger partial charge in [0.1, 0.15) is 6.04 Å². The molecule has 1 aliphatic carbocycles. The normalized spacial score (nSPS) is 33.6. The van der Waals surface area contributed by atoms with Crippen LogP contribution in [0.4, 0.5) is 0 Å². The van der Waals surface area contributed by atoms with Crippen molar-refractivity contribution in [2.45, 2.75) is 50.7 Å². The summed E-state index contributed by atoms with van der Waals surface area (Å²) in [5.74, 6) is -0.290. The molecule has 1 aliphatic heterocycles. The van der Waals surface area contributed by atoms with Crippen molar-refractivity contribution in [3.8, 4) is 0 Å². The predicted molar refractivity (Wildman–Crippen MR) is 62.4 cm³/mol. The number of carboxylic acids is 1. The third-order valence-corrected chi connectivity index (χ3v) is 3.98. The first-order valence-corrected chi connectivity index (χ1v) is 6.27. The van der Waals surface area contributed by atoms with Gasteiger partial charge in [0.15, 0.2) is 0 Å². The maximum Gasteiger partial charge on any atom is 0.320 e. The number of rotatable bonds is 4. The van der Waals surface area contributed by atoms with E-state index in [1.54, 1.807) is 0 Å². The number of carbonyl (C=O) groups is 1. The predicted octanol–water partition coefficient (Wildman–Crippen LogP) is 0.922. The summed E-state index contributed by atoms with van der Waals surface area (Å²) in [5.41, 5.74) is 0. The van der Waals surface area contributed by atoms with E-state index in [0.717, 1.165) is 32.2 Å². The number of likely N-dealkylation sites (tertiary alicyclic amines) is 1. The van der Waals surface area contributed by atoms with E-state index < -0.39 is 5.97 Å². The molecule has 0 bridgehead atoms. The van der Waals surface area contributed by atoms with Gasteiger partial charge in [0.25, 0.3) is 0 Å². The number of hydrogen-bond donors (Lipinski definition) is 2. The molecule has 1 heterocycles. The van der Waals surface area contributed by atoms with Gasteiger partial charge in [-0.05, 0) is 52.1 Å². The molecule has 0 radical (unpaired) electrons. The summed E-state index contributed by atoms with van der Waals surface area (Å²) in [6, 6.07) is 0.633.